The Labute approximate surface area is 107 Å². The highest BCUT2D eigenvalue weighted by Gasteiger charge is 2.33. The Hall–Kier alpha value is -2.23. The van der Waals surface area contributed by atoms with Gasteiger partial charge in [0.25, 0.3) is 0 Å². The van der Waals surface area contributed by atoms with Gasteiger partial charge >= 0.3 is 12.3 Å². The van der Waals surface area contributed by atoms with Crippen molar-refractivity contribution in [2.45, 2.75) is 19.7 Å². The molecule has 0 bridgehead atoms. The van der Waals surface area contributed by atoms with E-state index in [2.05, 4.69) is 9.47 Å². The van der Waals surface area contributed by atoms with Gasteiger partial charge in [0.2, 0.25) is 0 Å². The molecule has 0 aliphatic rings. The summed E-state index contributed by atoms with van der Waals surface area (Å²) in [6.07, 6.45) is -4.57. The van der Waals surface area contributed by atoms with Gasteiger partial charge in [0.05, 0.1) is 18.2 Å². The van der Waals surface area contributed by atoms with Crippen LogP contribution in [-0.4, -0.2) is 19.4 Å². The van der Waals surface area contributed by atoms with Crippen LogP contribution in [0.15, 0.2) is 12.1 Å². The molecule has 0 unspecified atom stereocenters. The first kappa shape index (κ1) is 14.8. The lowest BCUT2D eigenvalue weighted by Gasteiger charge is -2.13. The average molecular weight is 273 g/mol. The monoisotopic (exact) mass is 273 g/mol. The molecule has 0 saturated carbocycles. The zero-order valence-electron chi connectivity index (χ0n) is 10.2. The van der Waals surface area contributed by atoms with E-state index in [0.717, 1.165) is 13.2 Å². The summed E-state index contributed by atoms with van der Waals surface area (Å²) in [5.41, 5.74) is 0.0722. The minimum atomic E-state index is -4.94. The van der Waals surface area contributed by atoms with E-state index >= 15 is 0 Å². The number of carbonyl (C=O) groups is 1. The molecule has 0 radical (unpaired) electrons. The lowest BCUT2D eigenvalue weighted by Crippen LogP contribution is -2.18. The topological polar surface area (TPSA) is 59.3 Å². The second kappa shape index (κ2) is 5.61. The molecule has 7 heteroatoms. The van der Waals surface area contributed by atoms with Gasteiger partial charge in [-0.2, -0.15) is 5.26 Å². The summed E-state index contributed by atoms with van der Waals surface area (Å²) in [5.74, 6) is -1.50. The van der Waals surface area contributed by atoms with Crippen molar-refractivity contribution >= 4 is 5.97 Å². The normalized spacial score (nSPS) is 10.7. The maximum absolute atomic E-state index is 12.2. The summed E-state index contributed by atoms with van der Waals surface area (Å²) >= 11 is 0. The highest BCUT2D eigenvalue weighted by atomic mass is 19.4. The molecule has 0 amide bonds. The van der Waals surface area contributed by atoms with Gasteiger partial charge in [-0.05, 0) is 24.1 Å². The summed E-state index contributed by atoms with van der Waals surface area (Å²) in [4.78, 5) is 11.5. The summed E-state index contributed by atoms with van der Waals surface area (Å²) in [5, 5.41) is 8.81. The third kappa shape index (κ3) is 3.61. The van der Waals surface area contributed by atoms with Crippen molar-refractivity contribution in [2.75, 3.05) is 7.11 Å². The molecule has 0 atom stereocenters. The molecule has 0 N–H and O–H groups in total. The number of aryl methyl sites for hydroxylation is 1. The average Bonchev–Trinajstić information content (AvgIpc) is 2.35. The van der Waals surface area contributed by atoms with Crippen LogP contribution >= 0.6 is 0 Å². The van der Waals surface area contributed by atoms with Gasteiger partial charge in [-0.25, -0.2) is 4.79 Å². The van der Waals surface area contributed by atoms with Gasteiger partial charge in [0, 0.05) is 0 Å². The second-order valence-corrected chi connectivity index (χ2v) is 3.51. The predicted molar refractivity (Wildman–Crippen MR) is 58.6 cm³/mol. The van der Waals surface area contributed by atoms with Crippen LogP contribution in [0.3, 0.4) is 0 Å². The third-order valence-corrected chi connectivity index (χ3v) is 2.34. The number of nitrogens with zero attached hydrogens (tertiary/aromatic N) is 1. The molecule has 0 aliphatic carbocycles. The molecule has 0 heterocycles. The molecule has 4 nitrogen and oxygen atoms in total. The molecule has 19 heavy (non-hydrogen) atoms. The largest absolute Gasteiger partial charge is 0.573 e. The molecular weight excluding hydrogens is 263 g/mol. The van der Waals surface area contributed by atoms with Gasteiger partial charge < -0.3 is 9.47 Å². The van der Waals surface area contributed by atoms with E-state index in [0.29, 0.717) is 12.0 Å². The van der Waals surface area contributed by atoms with E-state index in [-0.39, 0.29) is 11.1 Å². The van der Waals surface area contributed by atoms with Crippen LogP contribution < -0.4 is 4.74 Å². The molecule has 102 valence electrons. The van der Waals surface area contributed by atoms with Crippen molar-refractivity contribution in [2.24, 2.45) is 0 Å². The molecule has 0 fully saturated rings. The minimum absolute atomic E-state index is 0.0525. The van der Waals surface area contributed by atoms with Crippen LogP contribution in [0.5, 0.6) is 5.75 Å². The molecule has 0 saturated heterocycles. The number of carbonyl (C=O) groups excluding carboxylic acids is 1. The third-order valence-electron chi connectivity index (χ3n) is 2.34. The second-order valence-electron chi connectivity index (χ2n) is 3.51. The molecule has 1 rings (SSSR count). The Balaban J connectivity index is 3.38. The van der Waals surface area contributed by atoms with Crippen LogP contribution in [0.25, 0.3) is 0 Å². The van der Waals surface area contributed by atoms with E-state index in [1.807, 2.05) is 0 Å². The van der Waals surface area contributed by atoms with E-state index in [1.54, 1.807) is 13.0 Å². The van der Waals surface area contributed by atoms with Crippen LogP contribution in [0.1, 0.15) is 28.4 Å². The molecular formula is C12H10F3NO3. The van der Waals surface area contributed by atoms with Crippen LogP contribution in [-0.2, 0) is 11.2 Å². The fourth-order valence-electron chi connectivity index (χ4n) is 1.51. The standard InChI is InChI=1S/C12H10F3NO3/c1-3-7-4-8(6-16)10(19-12(13,14)15)5-9(7)11(17)18-2/h4-5H,3H2,1-2H3. The van der Waals surface area contributed by atoms with Crippen molar-refractivity contribution in [3.05, 3.63) is 28.8 Å². The number of benzene rings is 1. The van der Waals surface area contributed by atoms with Crippen molar-refractivity contribution < 1.29 is 27.4 Å². The Morgan fingerprint density at radius 2 is 2.05 bits per heavy atom. The SMILES string of the molecule is CCc1cc(C#N)c(OC(F)(F)F)cc1C(=O)OC. The summed E-state index contributed by atoms with van der Waals surface area (Å²) in [7, 11) is 1.12. The van der Waals surface area contributed by atoms with E-state index in [9.17, 15) is 18.0 Å². The first-order valence-electron chi connectivity index (χ1n) is 5.23. The summed E-state index contributed by atoms with van der Waals surface area (Å²) < 4.78 is 44.8. The number of halogens is 3. The molecule has 0 spiro atoms. The lowest BCUT2D eigenvalue weighted by atomic mass is 10.0. The maximum Gasteiger partial charge on any atom is 0.573 e. The fraction of sp³-hybridized carbons (Fsp3) is 0.333. The Morgan fingerprint density at radius 1 is 1.42 bits per heavy atom. The van der Waals surface area contributed by atoms with Crippen LogP contribution in [0.4, 0.5) is 13.2 Å². The molecule has 1 aromatic carbocycles. The minimum Gasteiger partial charge on any atom is -0.465 e. The van der Waals surface area contributed by atoms with E-state index in [4.69, 9.17) is 5.26 Å². The number of hydrogen-bond acceptors (Lipinski definition) is 4. The maximum atomic E-state index is 12.2. The Kier molecular flexibility index (Phi) is 4.38. The van der Waals surface area contributed by atoms with Gasteiger partial charge in [-0.1, -0.05) is 6.92 Å². The number of ether oxygens (including phenoxy) is 2. The van der Waals surface area contributed by atoms with Gasteiger partial charge in [-0.15, -0.1) is 13.2 Å². The first-order chi connectivity index (χ1) is 8.82. The lowest BCUT2D eigenvalue weighted by molar-refractivity contribution is -0.274. The zero-order valence-corrected chi connectivity index (χ0v) is 10.2. The van der Waals surface area contributed by atoms with Gasteiger partial charge in [0.15, 0.2) is 0 Å². The van der Waals surface area contributed by atoms with E-state index in [1.165, 1.54) is 6.07 Å². The predicted octanol–water partition coefficient (Wildman–Crippen LogP) is 2.81. The molecule has 1 aromatic rings. The van der Waals surface area contributed by atoms with Crippen LogP contribution in [0.2, 0.25) is 0 Å². The number of nitriles is 1. The molecule has 0 aliphatic heterocycles. The van der Waals surface area contributed by atoms with Crippen LogP contribution in [0, 0.1) is 11.3 Å². The molecule has 0 aromatic heterocycles. The van der Waals surface area contributed by atoms with Crippen molar-refractivity contribution in [1.82, 2.24) is 0 Å². The fourth-order valence-corrected chi connectivity index (χ4v) is 1.51. The summed E-state index contributed by atoms with van der Waals surface area (Å²) in [6, 6.07) is 3.66. The number of alkyl halides is 3. The number of methoxy groups -OCH3 is 1. The number of esters is 1. The Bertz CT molecular complexity index is 532. The van der Waals surface area contributed by atoms with Crippen molar-refractivity contribution in [3.63, 3.8) is 0 Å². The van der Waals surface area contributed by atoms with Gasteiger partial charge in [-0.3, -0.25) is 0 Å². The van der Waals surface area contributed by atoms with Crippen molar-refractivity contribution in [3.8, 4) is 11.8 Å². The zero-order chi connectivity index (χ0) is 14.6. The smallest absolute Gasteiger partial charge is 0.465 e. The quantitative estimate of drug-likeness (QED) is 0.794. The highest BCUT2D eigenvalue weighted by molar-refractivity contribution is 5.92. The number of rotatable bonds is 3. The van der Waals surface area contributed by atoms with Gasteiger partial charge in [0.1, 0.15) is 11.8 Å². The Morgan fingerprint density at radius 3 is 2.47 bits per heavy atom. The first-order valence-corrected chi connectivity index (χ1v) is 5.23. The summed E-state index contributed by atoms with van der Waals surface area (Å²) in [6.45, 7) is 1.70. The highest BCUT2D eigenvalue weighted by Crippen LogP contribution is 2.29. The van der Waals surface area contributed by atoms with E-state index < -0.39 is 18.1 Å². The van der Waals surface area contributed by atoms with Crippen molar-refractivity contribution in [1.29, 1.82) is 5.26 Å². The number of hydrogen-bond donors (Lipinski definition) is 0.